The van der Waals surface area contributed by atoms with E-state index in [1.54, 1.807) is 12.1 Å². The number of rotatable bonds is 7. The molecule has 1 aliphatic rings. The molecule has 0 saturated carbocycles. The zero-order valence-electron chi connectivity index (χ0n) is 18.8. The van der Waals surface area contributed by atoms with Gasteiger partial charge >= 0.3 is 0 Å². The average molecular weight is 425 g/mol. The van der Waals surface area contributed by atoms with Gasteiger partial charge < -0.3 is 10.2 Å². The van der Waals surface area contributed by atoms with Crippen molar-refractivity contribution in [2.45, 2.75) is 46.2 Å². The molecular weight excluding hydrogens is 392 g/mol. The lowest BCUT2D eigenvalue weighted by molar-refractivity contribution is -0.384. The van der Waals surface area contributed by atoms with Gasteiger partial charge in [0, 0.05) is 50.4 Å². The van der Waals surface area contributed by atoms with Crippen LogP contribution in [-0.4, -0.2) is 48.0 Å². The fraction of sp³-hybridized carbons (Fsp3) is 0.458. The number of nitro groups is 1. The second kappa shape index (κ2) is 9.92. The predicted molar refractivity (Wildman–Crippen MR) is 124 cm³/mol. The Labute approximate surface area is 184 Å². The number of carbonyl (C=O) groups is 1. The molecular formula is C24H32N4O3. The summed E-state index contributed by atoms with van der Waals surface area (Å²) in [5, 5.41) is 14.5. The number of carbonyl (C=O) groups excluding carboxylic acids is 1. The number of nitrogens with one attached hydrogen (secondary N) is 1. The average Bonchev–Trinajstić information content (AvgIpc) is 2.73. The number of hydrogen-bond acceptors (Lipinski definition) is 5. The van der Waals surface area contributed by atoms with Crippen LogP contribution in [0.1, 0.15) is 55.1 Å². The maximum absolute atomic E-state index is 12.2. The van der Waals surface area contributed by atoms with Crippen LogP contribution in [-0.2, 0) is 6.54 Å². The zero-order chi connectivity index (χ0) is 22.5. The Balaban J connectivity index is 1.65. The van der Waals surface area contributed by atoms with Crippen LogP contribution in [0.2, 0.25) is 0 Å². The molecule has 0 aliphatic carbocycles. The van der Waals surface area contributed by atoms with Crippen LogP contribution in [0.4, 0.5) is 11.4 Å². The summed E-state index contributed by atoms with van der Waals surface area (Å²) in [5.74, 6) is 0.231. The van der Waals surface area contributed by atoms with Crippen LogP contribution < -0.4 is 10.2 Å². The molecule has 1 amide bonds. The standard InChI is InChI=1S/C24H32N4O3/c1-17(2)20-7-5-19(6-8-20)16-26-11-13-27(14-12-26)22-10-9-21(15-23(22)28(30)31)24(29)25-18(3)4/h5-10,15,17-18H,11-14,16H2,1-4H3,(H,25,29). The van der Waals surface area contributed by atoms with E-state index in [1.807, 2.05) is 18.7 Å². The van der Waals surface area contributed by atoms with Gasteiger partial charge in [0.2, 0.25) is 0 Å². The fourth-order valence-electron chi connectivity index (χ4n) is 3.84. The fourth-order valence-corrected chi connectivity index (χ4v) is 3.84. The van der Waals surface area contributed by atoms with Crippen molar-refractivity contribution in [2.24, 2.45) is 0 Å². The summed E-state index contributed by atoms with van der Waals surface area (Å²) in [6.07, 6.45) is 0. The van der Waals surface area contributed by atoms with E-state index in [0.717, 1.165) is 19.6 Å². The van der Waals surface area contributed by atoms with E-state index in [1.165, 1.54) is 17.2 Å². The van der Waals surface area contributed by atoms with Crippen molar-refractivity contribution in [3.05, 3.63) is 69.3 Å². The Morgan fingerprint density at radius 2 is 1.68 bits per heavy atom. The third kappa shape index (κ3) is 5.82. The quantitative estimate of drug-likeness (QED) is 0.533. The molecule has 1 fully saturated rings. The van der Waals surface area contributed by atoms with Gasteiger partial charge in [-0.05, 0) is 43.0 Å². The molecule has 1 aliphatic heterocycles. The third-order valence-electron chi connectivity index (χ3n) is 5.62. The molecule has 1 heterocycles. The van der Waals surface area contributed by atoms with Crippen LogP contribution in [0, 0.1) is 10.1 Å². The Bertz CT molecular complexity index is 917. The molecule has 31 heavy (non-hydrogen) atoms. The van der Waals surface area contributed by atoms with Crippen molar-refractivity contribution in [1.29, 1.82) is 0 Å². The molecule has 7 heteroatoms. The van der Waals surface area contributed by atoms with Gasteiger partial charge in [0.25, 0.3) is 11.6 Å². The summed E-state index contributed by atoms with van der Waals surface area (Å²) >= 11 is 0. The van der Waals surface area contributed by atoms with E-state index in [0.29, 0.717) is 30.3 Å². The van der Waals surface area contributed by atoms with Gasteiger partial charge in [-0.1, -0.05) is 38.1 Å². The van der Waals surface area contributed by atoms with Gasteiger partial charge in [0.15, 0.2) is 0 Å². The second-order valence-corrected chi connectivity index (χ2v) is 8.75. The molecule has 3 rings (SSSR count). The Morgan fingerprint density at radius 3 is 2.23 bits per heavy atom. The van der Waals surface area contributed by atoms with E-state index in [9.17, 15) is 14.9 Å². The summed E-state index contributed by atoms with van der Waals surface area (Å²) < 4.78 is 0. The molecule has 1 N–H and O–H groups in total. The van der Waals surface area contributed by atoms with Gasteiger partial charge in [-0.15, -0.1) is 0 Å². The molecule has 166 valence electrons. The number of benzene rings is 2. The van der Waals surface area contributed by atoms with E-state index in [4.69, 9.17) is 0 Å². The number of hydrogen-bond donors (Lipinski definition) is 1. The Kier molecular flexibility index (Phi) is 7.28. The lowest BCUT2D eigenvalue weighted by atomic mass is 10.0. The molecule has 0 unspecified atom stereocenters. The molecule has 2 aromatic rings. The second-order valence-electron chi connectivity index (χ2n) is 8.75. The van der Waals surface area contributed by atoms with Crippen molar-refractivity contribution in [3.63, 3.8) is 0 Å². The Hall–Kier alpha value is -2.93. The van der Waals surface area contributed by atoms with Crippen molar-refractivity contribution in [1.82, 2.24) is 10.2 Å². The smallest absolute Gasteiger partial charge is 0.293 e. The van der Waals surface area contributed by atoms with Crippen LogP contribution >= 0.6 is 0 Å². The highest BCUT2D eigenvalue weighted by molar-refractivity contribution is 5.96. The van der Waals surface area contributed by atoms with Crippen molar-refractivity contribution >= 4 is 17.3 Å². The van der Waals surface area contributed by atoms with Crippen molar-refractivity contribution in [2.75, 3.05) is 31.1 Å². The van der Waals surface area contributed by atoms with Crippen LogP contribution in [0.5, 0.6) is 0 Å². The molecule has 1 saturated heterocycles. The lowest BCUT2D eigenvalue weighted by Gasteiger charge is -2.36. The van der Waals surface area contributed by atoms with Gasteiger partial charge in [0.05, 0.1) is 4.92 Å². The molecule has 0 atom stereocenters. The summed E-state index contributed by atoms with van der Waals surface area (Å²) in [6, 6.07) is 13.5. The largest absolute Gasteiger partial charge is 0.363 e. The lowest BCUT2D eigenvalue weighted by Crippen LogP contribution is -2.46. The monoisotopic (exact) mass is 424 g/mol. The Morgan fingerprint density at radius 1 is 1.03 bits per heavy atom. The minimum atomic E-state index is -0.399. The molecule has 7 nitrogen and oxygen atoms in total. The number of nitrogens with zero attached hydrogens (tertiary/aromatic N) is 3. The van der Waals surface area contributed by atoms with Crippen molar-refractivity contribution < 1.29 is 9.72 Å². The zero-order valence-corrected chi connectivity index (χ0v) is 18.8. The highest BCUT2D eigenvalue weighted by Gasteiger charge is 2.25. The minimum absolute atomic E-state index is 0.0193. The van der Waals surface area contributed by atoms with E-state index >= 15 is 0 Å². The summed E-state index contributed by atoms with van der Waals surface area (Å²) in [4.78, 5) is 27.9. The van der Waals surface area contributed by atoms with Gasteiger partial charge in [-0.25, -0.2) is 0 Å². The maximum atomic E-state index is 12.2. The summed E-state index contributed by atoms with van der Waals surface area (Å²) in [5.41, 5.74) is 3.49. The van der Waals surface area contributed by atoms with E-state index in [2.05, 4.69) is 48.3 Å². The molecule has 2 aromatic carbocycles. The first kappa shape index (κ1) is 22.7. The summed E-state index contributed by atoms with van der Waals surface area (Å²) in [7, 11) is 0. The van der Waals surface area contributed by atoms with Crippen molar-refractivity contribution in [3.8, 4) is 0 Å². The molecule has 0 radical (unpaired) electrons. The first-order chi connectivity index (χ1) is 14.7. The molecule has 0 aromatic heterocycles. The first-order valence-electron chi connectivity index (χ1n) is 10.9. The van der Waals surface area contributed by atoms with Gasteiger partial charge in [-0.2, -0.15) is 0 Å². The van der Waals surface area contributed by atoms with Crippen LogP contribution in [0.3, 0.4) is 0 Å². The topological polar surface area (TPSA) is 78.7 Å². The highest BCUT2D eigenvalue weighted by atomic mass is 16.6. The number of nitro benzene ring substituents is 1. The van der Waals surface area contributed by atoms with E-state index < -0.39 is 4.92 Å². The third-order valence-corrected chi connectivity index (χ3v) is 5.62. The first-order valence-corrected chi connectivity index (χ1v) is 10.9. The number of amides is 1. The van der Waals surface area contributed by atoms with Crippen LogP contribution in [0.25, 0.3) is 0 Å². The molecule has 0 bridgehead atoms. The SMILES string of the molecule is CC(C)NC(=O)c1ccc(N2CCN(Cc3ccc(C(C)C)cc3)CC2)c([N+](=O)[O-])c1. The van der Waals surface area contributed by atoms with Gasteiger partial charge in [0.1, 0.15) is 5.69 Å². The van der Waals surface area contributed by atoms with Gasteiger partial charge in [-0.3, -0.25) is 19.8 Å². The highest BCUT2D eigenvalue weighted by Crippen LogP contribution is 2.30. The van der Waals surface area contributed by atoms with E-state index in [-0.39, 0.29) is 17.6 Å². The maximum Gasteiger partial charge on any atom is 0.293 e. The number of piperazine rings is 1. The normalized spacial score (nSPS) is 14.8. The van der Waals surface area contributed by atoms with Crippen LogP contribution in [0.15, 0.2) is 42.5 Å². The number of anilines is 1. The molecule has 0 spiro atoms. The summed E-state index contributed by atoms with van der Waals surface area (Å²) in [6.45, 7) is 12.1. The minimum Gasteiger partial charge on any atom is -0.363 e. The predicted octanol–water partition coefficient (Wildman–Crippen LogP) is 4.18.